The molecule has 1 aliphatic rings. The molecule has 288 valence electrons. The topological polar surface area (TPSA) is 129 Å². The Morgan fingerprint density at radius 2 is 0.646 bits per heavy atom. The summed E-state index contributed by atoms with van der Waals surface area (Å²) in [6, 6.07) is 0. The largest absolute Gasteiger partial charge is 0.379 e. The first kappa shape index (κ1) is 45.5. The Labute approximate surface area is 289 Å². The van der Waals surface area contributed by atoms with E-state index >= 15 is 0 Å². The third-order valence-corrected chi connectivity index (χ3v) is 6.65. The van der Waals surface area contributed by atoms with Crippen LogP contribution in [0.5, 0.6) is 0 Å². The van der Waals surface area contributed by atoms with Crippen LogP contribution in [0.3, 0.4) is 0 Å². The lowest BCUT2D eigenvalue weighted by atomic mass is 10.2. The van der Waals surface area contributed by atoms with Gasteiger partial charge in [-0.05, 0) is 25.7 Å². The van der Waals surface area contributed by atoms with E-state index in [0.717, 1.165) is 32.5 Å². The number of ether oxygens (including phenoxy) is 14. The molecule has 0 radical (unpaired) electrons. The van der Waals surface area contributed by atoms with Crippen molar-refractivity contribution in [3.8, 4) is 0 Å². The fraction of sp³-hybridized carbons (Fsp3) is 1.00. The number of hydrogen-bond acceptors (Lipinski definition) is 14. The third-order valence-electron chi connectivity index (χ3n) is 6.65. The van der Waals surface area contributed by atoms with Crippen LogP contribution in [-0.2, 0) is 66.3 Å². The molecule has 1 rings (SSSR count). The van der Waals surface area contributed by atoms with Gasteiger partial charge in [0.2, 0.25) is 0 Å². The van der Waals surface area contributed by atoms with Gasteiger partial charge in [0.1, 0.15) is 0 Å². The second kappa shape index (κ2) is 40.9. The molecule has 1 saturated heterocycles. The Morgan fingerprint density at radius 1 is 0.354 bits per heavy atom. The Kier molecular flexibility index (Phi) is 38.7. The predicted molar refractivity (Wildman–Crippen MR) is 179 cm³/mol. The minimum atomic E-state index is -0.0654. The molecule has 0 bridgehead atoms. The summed E-state index contributed by atoms with van der Waals surface area (Å²) >= 11 is 0. The summed E-state index contributed by atoms with van der Waals surface area (Å²) in [5.41, 5.74) is 0. The summed E-state index contributed by atoms with van der Waals surface area (Å²) in [5, 5.41) is 0. The van der Waals surface area contributed by atoms with Gasteiger partial charge in [0.15, 0.2) is 6.29 Å². The maximum absolute atomic E-state index is 5.61. The fourth-order valence-electron chi connectivity index (χ4n) is 4.06. The normalized spacial score (nSPS) is 15.1. The highest BCUT2D eigenvalue weighted by Gasteiger charge is 2.13. The van der Waals surface area contributed by atoms with Crippen molar-refractivity contribution in [2.75, 3.05) is 172 Å². The van der Waals surface area contributed by atoms with Gasteiger partial charge in [-0.1, -0.05) is 19.8 Å². The quantitative estimate of drug-likeness (QED) is 0.0867. The van der Waals surface area contributed by atoms with Gasteiger partial charge in [0, 0.05) is 13.2 Å². The lowest BCUT2D eigenvalue weighted by molar-refractivity contribution is -0.169. The molecule has 48 heavy (non-hydrogen) atoms. The second-order valence-electron chi connectivity index (χ2n) is 10.7. The number of unbranched alkanes of at least 4 members (excludes halogenated alkanes) is 2. The first-order valence-corrected chi connectivity index (χ1v) is 18.1. The van der Waals surface area contributed by atoms with Crippen molar-refractivity contribution in [3.63, 3.8) is 0 Å². The molecule has 0 aromatic heterocycles. The first-order valence-electron chi connectivity index (χ1n) is 18.1. The standard InChI is InChI=1S/C34H68O14/c1-2-3-5-8-35-10-11-36-12-13-37-14-15-38-16-17-39-18-19-40-20-21-41-22-23-42-24-25-43-26-27-44-28-29-45-30-31-46-32-33-48-34-7-4-6-9-47-34/h34H,2-33H2,1H3. The fourth-order valence-corrected chi connectivity index (χ4v) is 4.06. The maximum Gasteiger partial charge on any atom is 0.157 e. The molecule has 0 aromatic carbocycles. The van der Waals surface area contributed by atoms with Gasteiger partial charge in [-0.15, -0.1) is 0 Å². The maximum atomic E-state index is 5.61. The summed E-state index contributed by atoms with van der Waals surface area (Å²) in [6.07, 6.45) is 6.74. The molecule has 14 nitrogen and oxygen atoms in total. The average molecular weight is 701 g/mol. The molecule has 14 heteroatoms. The van der Waals surface area contributed by atoms with Crippen LogP contribution in [0.2, 0.25) is 0 Å². The average Bonchev–Trinajstić information content (AvgIpc) is 3.11. The van der Waals surface area contributed by atoms with Crippen LogP contribution in [-0.4, -0.2) is 178 Å². The van der Waals surface area contributed by atoms with Crippen LogP contribution in [0.4, 0.5) is 0 Å². The molecule has 1 heterocycles. The van der Waals surface area contributed by atoms with Crippen LogP contribution in [0.1, 0.15) is 45.4 Å². The summed E-state index contributed by atoms with van der Waals surface area (Å²) < 4.78 is 76.9. The van der Waals surface area contributed by atoms with Gasteiger partial charge in [0.05, 0.1) is 159 Å². The molecule has 0 spiro atoms. The van der Waals surface area contributed by atoms with Gasteiger partial charge >= 0.3 is 0 Å². The van der Waals surface area contributed by atoms with E-state index in [1.807, 2.05) is 0 Å². The Bertz CT molecular complexity index is 586. The Balaban J connectivity index is 1.59. The molecule has 1 fully saturated rings. The molecule has 0 amide bonds. The Morgan fingerprint density at radius 3 is 0.917 bits per heavy atom. The first-order chi connectivity index (χ1) is 23.9. The second-order valence-corrected chi connectivity index (χ2v) is 10.7. The van der Waals surface area contributed by atoms with Crippen molar-refractivity contribution >= 4 is 0 Å². The van der Waals surface area contributed by atoms with Gasteiger partial charge in [-0.3, -0.25) is 0 Å². The van der Waals surface area contributed by atoms with E-state index in [0.29, 0.717) is 159 Å². The summed E-state index contributed by atoms with van der Waals surface area (Å²) in [4.78, 5) is 0. The van der Waals surface area contributed by atoms with E-state index in [2.05, 4.69) is 6.92 Å². The molecule has 1 unspecified atom stereocenters. The van der Waals surface area contributed by atoms with Crippen LogP contribution < -0.4 is 0 Å². The zero-order valence-electron chi connectivity index (χ0n) is 29.9. The zero-order valence-corrected chi connectivity index (χ0v) is 29.9. The summed E-state index contributed by atoms with van der Waals surface area (Å²) in [5.74, 6) is 0. The van der Waals surface area contributed by atoms with Crippen LogP contribution in [0.25, 0.3) is 0 Å². The Hall–Kier alpha value is -0.560. The van der Waals surface area contributed by atoms with Gasteiger partial charge in [-0.25, -0.2) is 0 Å². The molecule has 0 aliphatic carbocycles. The summed E-state index contributed by atoms with van der Waals surface area (Å²) in [7, 11) is 0. The van der Waals surface area contributed by atoms with E-state index < -0.39 is 0 Å². The van der Waals surface area contributed by atoms with Crippen molar-refractivity contribution in [3.05, 3.63) is 0 Å². The van der Waals surface area contributed by atoms with Crippen LogP contribution in [0.15, 0.2) is 0 Å². The SMILES string of the molecule is CCCCCOCCOCCOCCOCCOCCOCCOCCOCCOCCOCCOCCOCCOC1CCCCO1. The van der Waals surface area contributed by atoms with Gasteiger partial charge < -0.3 is 66.3 Å². The lowest BCUT2D eigenvalue weighted by Crippen LogP contribution is -2.24. The number of rotatable bonds is 41. The molecule has 1 aliphatic heterocycles. The van der Waals surface area contributed by atoms with Crippen molar-refractivity contribution in [2.45, 2.75) is 51.7 Å². The molecular weight excluding hydrogens is 632 g/mol. The van der Waals surface area contributed by atoms with Crippen LogP contribution >= 0.6 is 0 Å². The number of hydrogen-bond donors (Lipinski definition) is 0. The molecule has 0 aromatic rings. The lowest BCUT2D eigenvalue weighted by Gasteiger charge is -2.22. The van der Waals surface area contributed by atoms with Gasteiger partial charge in [0.25, 0.3) is 0 Å². The molecule has 0 N–H and O–H groups in total. The highest BCUT2D eigenvalue weighted by Crippen LogP contribution is 2.13. The smallest absolute Gasteiger partial charge is 0.157 e. The highest BCUT2D eigenvalue weighted by atomic mass is 16.7. The van der Waals surface area contributed by atoms with Crippen molar-refractivity contribution in [1.82, 2.24) is 0 Å². The van der Waals surface area contributed by atoms with E-state index in [4.69, 9.17) is 66.3 Å². The zero-order chi connectivity index (χ0) is 34.1. The van der Waals surface area contributed by atoms with E-state index in [1.54, 1.807) is 0 Å². The minimum Gasteiger partial charge on any atom is -0.379 e. The van der Waals surface area contributed by atoms with Crippen LogP contribution in [0, 0.1) is 0 Å². The minimum absolute atomic E-state index is 0.0654. The summed E-state index contributed by atoms with van der Waals surface area (Å²) in [6.45, 7) is 16.6. The molecular formula is C34H68O14. The van der Waals surface area contributed by atoms with Crippen molar-refractivity contribution in [2.24, 2.45) is 0 Å². The highest BCUT2D eigenvalue weighted by molar-refractivity contribution is 4.53. The van der Waals surface area contributed by atoms with E-state index in [9.17, 15) is 0 Å². The van der Waals surface area contributed by atoms with Crippen molar-refractivity contribution in [1.29, 1.82) is 0 Å². The van der Waals surface area contributed by atoms with Crippen molar-refractivity contribution < 1.29 is 66.3 Å². The van der Waals surface area contributed by atoms with E-state index in [1.165, 1.54) is 19.3 Å². The van der Waals surface area contributed by atoms with Gasteiger partial charge in [-0.2, -0.15) is 0 Å². The molecule has 0 saturated carbocycles. The third kappa shape index (κ3) is 36.7. The predicted octanol–water partition coefficient (Wildman–Crippen LogP) is 2.92. The molecule has 1 atom stereocenters. The van der Waals surface area contributed by atoms with E-state index in [-0.39, 0.29) is 6.29 Å². The monoisotopic (exact) mass is 700 g/mol.